The van der Waals surface area contributed by atoms with E-state index in [0.717, 1.165) is 35.9 Å². The molecule has 6 heteroatoms. The molecule has 0 amide bonds. The van der Waals surface area contributed by atoms with E-state index in [2.05, 4.69) is 50.2 Å². The molecule has 6 aromatic rings. The minimum atomic E-state index is 1.04. The molecule has 0 aromatic carbocycles. The fraction of sp³-hybridized carbons (Fsp3) is 0.667. The maximum absolute atomic E-state index is 6.40. The van der Waals surface area contributed by atoms with Crippen LogP contribution in [0.1, 0.15) is 231 Å². The SMILES string of the molecule is CCCCCCCCCCCCCCCCCCc1ccc(-c2cc3c(s2)sc2c4cc(-c5ccc(CCCCCCCCCCCCCCCCCC)o5)sc4sc32)o1. The molecule has 0 atom stereocenters. The molecule has 332 valence electrons. The number of unbranched alkanes of at least 4 members (excludes halogenated alkanes) is 30. The molecule has 0 unspecified atom stereocenters. The number of fused-ring (bicyclic) bond motifs is 5. The monoisotopic (exact) mass is 889 g/mol. The Kier molecular flexibility index (Phi) is 22.3. The summed E-state index contributed by atoms with van der Waals surface area (Å²) in [7, 11) is 0. The molecular formula is C54H80O2S4. The number of furan rings is 2. The minimum Gasteiger partial charge on any atom is -0.460 e. The molecule has 0 fully saturated rings. The van der Waals surface area contributed by atoms with Crippen LogP contribution in [0.5, 0.6) is 0 Å². The number of hydrogen-bond acceptors (Lipinski definition) is 6. The average Bonchev–Trinajstić information content (AvgIpc) is 4.12. The highest BCUT2D eigenvalue weighted by Gasteiger charge is 2.20. The number of aryl methyl sites for hydroxylation is 2. The van der Waals surface area contributed by atoms with Gasteiger partial charge in [-0.25, -0.2) is 0 Å². The summed E-state index contributed by atoms with van der Waals surface area (Å²) in [5, 5.41) is 2.81. The molecular weight excluding hydrogens is 809 g/mol. The van der Waals surface area contributed by atoms with E-state index in [0.29, 0.717) is 0 Å². The summed E-state index contributed by atoms with van der Waals surface area (Å²) in [5.74, 6) is 4.37. The first-order valence-electron chi connectivity index (χ1n) is 25.3. The first-order valence-corrected chi connectivity index (χ1v) is 28.6. The fourth-order valence-corrected chi connectivity index (χ4v) is 14.5. The average molecular weight is 889 g/mol. The van der Waals surface area contributed by atoms with Gasteiger partial charge >= 0.3 is 0 Å². The second-order valence-electron chi connectivity index (χ2n) is 18.1. The number of thiophene rings is 4. The van der Waals surface area contributed by atoms with Gasteiger partial charge in [0.15, 0.2) is 0 Å². The Morgan fingerprint density at radius 1 is 0.333 bits per heavy atom. The van der Waals surface area contributed by atoms with E-state index in [1.807, 2.05) is 45.3 Å². The zero-order chi connectivity index (χ0) is 41.5. The number of rotatable bonds is 36. The third-order valence-corrected chi connectivity index (χ3v) is 17.9. The van der Waals surface area contributed by atoms with Crippen molar-refractivity contribution < 1.29 is 8.83 Å². The van der Waals surface area contributed by atoms with Crippen LogP contribution in [0.3, 0.4) is 0 Å². The fourth-order valence-electron chi connectivity index (χ4n) is 9.08. The summed E-state index contributed by atoms with van der Waals surface area (Å²) in [6.07, 6.45) is 47.2. The smallest absolute Gasteiger partial charge is 0.144 e. The van der Waals surface area contributed by atoms with Gasteiger partial charge in [0.05, 0.1) is 27.2 Å². The molecule has 60 heavy (non-hydrogen) atoms. The molecule has 0 spiro atoms. The predicted octanol–water partition coefficient (Wildman–Crippen LogP) is 21.5. The highest BCUT2D eigenvalue weighted by molar-refractivity contribution is 7.50. The van der Waals surface area contributed by atoms with E-state index in [-0.39, 0.29) is 0 Å². The summed E-state index contributed by atoms with van der Waals surface area (Å²) >= 11 is 7.71. The van der Waals surface area contributed by atoms with Gasteiger partial charge in [-0.3, -0.25) is 0 Å². The van der Waals surface area contributed by atoms with Crippen LogP contribution < -0.4 is 0 Å². The Morgan fingerprint density at radius 3 is 0.917 bits per heavy atom. The summed E-state index contributed by atoms with van der Waals surface area (Å²) in [6.45, 7) is 4.61. The van der Waals surface area contributed by atoms with Crippen molar-refractivity contribution in [2.75, 3.05) is 0 Å². The third kappa shape index (κ3) is 15.7. The van der Waals surface area contributed by atoms with Crippen molar-refractivity contribution >= 4 is 73.5 Å². The Bertz CT molecular complexity index is 1850. The molecule has 2 nitrogen and oxygen atoms in total. The van der Waals surface area contributed by atoms with Gasteiger partial charge in [-0.2, -0.15) is 0 Å². The second-order valence-corrected chi connectivity index (χ2v) is 22.8. The van der Waals surface area contributed by atoms with Gasteiger partial charge in [0.25, 0.3) is 0 Å². The Balaban J connectivity index is 0.831. The van der Waals surface area contributed by atoms with Gasteiger partial charge in [0.1, 0.15) is 23.0 Å². The highest BCUT2D eigenvalue weighted by Crippen LogP contribution is 2.52. The van der Waals surface area contributed by atoms with Crippen molar-refractivity contribution in [3.05, 3.63) is 47.9 Å². The molecule has 0 saturated heterocycles. The minimum absolute atomic E-state index is 1.04. The first kappa shape index (κ1) is 47.6. The lowest BCUT2D eigenvalue weighted by molar-refractivity contribution is 0.498. The molecule has 0 bridgehead atoms. The van der Waals surface area contributed by atoms with E-state index in [1.165, 1.54) is 243 Å². The van der Waals surface area contributed by atoms with Crippen LogP contribution in [0.25, 0.3) is 49.5 Å². The van der Waals surface area contributed by atoms with E-state index in [4.69, 9.17) is 8.83 Å². The van der Waals surface area contributed by atoms with Crippen molar-refractivity contribution in [1.29, 1.82) is 0 Å². The van der Waals surface area contributed by atoms with Gasteiger partial charge < -0.3 is 8.83 Å². The lowest BCUT2D eigenvalue weighted by Gasteiger charge is -2.03. The molecule has 6 rings (SSSR count). The highest BCUT2D eigenvalue weighted by atomic mass is 32.2. The number of hydrogen-bond donors (Lipinski definition) is 0. The van der Waals surface area contributed by atoms with Crippen LogP contribution in [0.15, 0.2) is 45.2 Å². The Morgan fingerprint density at radius 2 is 0.617 bits per heavy atom. The van der Waals surface area contributed by atoms with E-state index < -0.39 is 0 Å². The van der Waals surface area contributed by atoms with E-state index in [9.17, 15) is 0 Å². The maximum atomic E-state index is 6.40. The van der Waals surface area contributed by atoms with Gasteiger partial charge in [-0.1, -0.05) is 206 Å². The summed E-state index contributed by atoms with van der Waals surface area (Å²) in [4.78, 5) is 2.53. The molecule has 0 saturated carbocycles. The van der Waals surface area contributed by atoms with Gasteiger partial charge in [-0.05, 0) is 49.2 Å². The van der Waals surface area contributed by atoms with Crippen molar-refractivity contribution in [1.82, 2.24) is 0 Å². The molecule has 0 aliphatic rings. The molecule has 0 aliphatic carbocycles. The van der Waals surface area contributed by atoms with Crippen LogP contribution in [-0.2, 0) is 12.8 Å². The largest absolute Gasteiger partial charge is 0.460 e. The Labute approximate surface area is 381 Å². The molecule has 6 aromatic heterocycles. The standard InChI is InChI=1S/C54H80O2S4/c1-3-5-7-9-11-13-15-17-19-21-23-25-27-29-31-33-35-43-37-39-47(55-43)49-41-45-51-52(59-53(45)57-49)46-42-50(58-54(46)60-51)48-40-38-44(56-48)36-34-32-30-28-26-24-22-20-18-16-14-12-10-8-6-4-2/h37-42H,3-36H2,1-2H3. The van der Waals surface area contributed by atoms with E-state index >= 15 is 0 Å². The molecule has 0 radical (unpaired) electrons. The van der Waals surface area contributed by atoms with Crippen molar-refractivity contribution in [2.24, 2.45) is 0 Å². The van der Waals surface area contributed by atoms with E-state index in [1.54, 1.807) is 0 Å². The summed E-state index contributed by atoms with van der Waals surface area (Å²) < 4.78 is 18.5. The van der Waals surface area contributed by atoms with Crippen LogP contribution in [-0.4, -0.2) is 0 Å². The summed E-state index contributed by atoms with van der Waals surface area (Å²) in [6, 6.07) is 13.6. The van der Waals surface area contributed by atoms with Crippen LogP contribution in [0.4, 0.5) is 0 Å². The first-order chi connectivity index (χ1) is 29.7. The van der Waals surface area contributed by atoms with Crippen LogP contribution in [0, 0.1) is 0 Å². The quantitative estimate of drug-likeness (QED) is 0.0367. The van der Waals surface area contributed by atoms with Crippen molar-refractivity contribution in [3.8, 4) is 21.3 Å². The van der Waals surface area contributed by atoms with Gasteiger partial charge in [-0.15, -0.1) is 45.3 Å². The van der Waals surface area contributed by atoms with Gasteiger partial charge in [0, 0.05) is 23.6 Å². The lowest BCUT2D eigenvalue weighted by atomic mass is 10.0. The van der Waals surface area contributed by atoms with Crippen LogP contribution in [0.2, 0.25) is 0 Å². The third-order valence-electron chi connectivity index (χ3n) is 12.8. The van der Waals surface area contributed by atoms with Crippen LogP contribution >= 0.6 is 45.3 Å². The predicted molar refractivity (Wildman–Crippen MR) is 272 cm³/mol. The topological polar surface area (TPSA) is 26.3 Å². The van der Waals surface area contributed by atoms with Gasteiger partial charge in [0.2, 0.25) is 0 Å². The second kappa shape index (κ2) is 28.0. The van der Waals surface area contributed by atoms with Crippen molar-refractivity contribution in [3.63, 3.8) is 0 Å². The molecule has 0 N–H and O–H groups in total. The molecule has 0 aliphatic heterocycles. The molecule has 6 heterocycles. The lowest BCUT2D eigenvalue weighted by Crippen LogP contribution is -1.85. The maximum Gasteiger partial charge on any atom is 0.144 e. The Hall–Kier alpha value is -1.86. The summed E-state index contributed by atoms with van der Waals surface area (Å²) in [5.41, 5.74) is 0. The zero-order valence-electron chi connectivity index (χ0n) is 38.0. The zero-order valence-corrected chi connectivity index (χ0v) is 41.2. The normalized spacial score (nSPS) is 12.1. The van der Waals surface area contributed by atoms with Crippen molar-refractivity contribution in [2.45, 2.75) is 232 Å².